The molecule has 0 aliphatic carbocycles. The zero-order chi connectivity index (χ0) is 20.4. The van der Waals surface area contributed by atoms with E-state index in [4.69, 9.17) is 14.2 Å². The van der Waals surface area contributed by atoms with Gasteiger partial charge in [0, 0.05) is 0 Å². The number of hydrogen-bond donors (Lipinski definition) is 2. The van der Waals surface area contributed by atoms with E-state index < -0.39 is 11.8 Å². The minimum atomic E-state index is -0.480. The Morgan fingerprint density at radius 2 is 1.39 bits per heavy atom. The van der Waals surface area contributed by atoms with Gasteiger partial charge in [-0.3, -0.25) is 20.4 Å². The predicted octanol–water partition coefficient (Wildman–Crippen LogP) is 2.70. The number of aryl methyl sites for hydroxylation is 2. The van der Waals surface area contributed by atoms with Gasteiger partial charge in [-0.15, -0.1) is 0 Å². The highest BCUT2D eigenvalue weighted by Crippen LogP contribution is 2.19. The van der Waals surface area contributed by atoms with E-state index in [2.05, 4.69) is 10.9 Å². The molecule has 0 saturated carbocycles. The highest BCUT2D eigenvalue weighted by molar-refractivity contribution is 5.83. The molecular formula is C21H26N2O5. The van der Waals surface area contributed by atoms with E-state index in [1.807, 2.05) is 39.0 Å². The van der Waals surface area contributed by atoms with Gasteiger partial charge in [0.05, 0.1) is 6.61 Å². The molecule has 0 fully saturated rings. The first-order valence-electron chi connectivity index (χ1n) is 9.11. The molecule has 0 atom stereocenters. The Labute approximate surface area is 165 Å². The fraction of sp³-hybridized carbons (Fsp3) is 0.333. The van der Waals surface area contributed by atoms with Gasteiger partial charge < -0.3 is 14.2 Å². The minimum Gasteiger partial charge on any atom is -0.494 e. The topological polar surface area (TPSA) is 85.9 Å². The average Bonchev–Trinajstić information content (AvgIpc) is 2.70. The lowest BCUT2D eigenvalue weighted by Crippen LogP contribution is -2.45. The monoisotopic (exact) mass is 386 g/mol. The van der Waals surface area contributed by atoms with E-state index in [0.29, 0.717) is 18.1 Å². The van der Waals surface area contributed by atoms with Crippen LogP contribution in [-0.2, 0) is 9.59 Å². The Bertz CT molecular complexity index is 790. The summed E-state index contributed by atoms with van der Waals surface area (Å²) in [6, 6.07) is 12.7. The van der Waals surface area contributed by atoms with Crippen LogP contribution in [0.1, 0.15) is 24.5 Å². The first-order valence-corrected chi connectivity index (χ1v) is 9.11. The van der Waals surface area contributed by atoms with Crippen LogP contribution in [0.3, 0.4) is 0 Å². The first kappa shape index (κ1) is 21.1. The lowest BCUT2D eigenvalue weighted by atomic mass is 10.1. The van der Waals surface area contributed by atoms with Gasteiger partial charge in [0.2, 0.25) is 0 Å². The van der Waals surface area contributed by atoms with E-state index in [1.165, 1.54) is 0 Å². The summed E-state index contributed by atoms with van der Waals surface area (Å²) in [7, 11) is 0. The van der Waals surface area contributed by atoms with Gasteiger partial charge in [0.15, 0.2) is 13.2 Å². The fourth-order valence-electron chi connectivity index (χ4n) is 2.22. The van der Waals surface area contributed by atoms with Crippen molar-refractivity contribution in [1.82, 2.24) is 10.9 Å². The standard InChI is InChI=1S/C21H26N2O5/c1-4-11-26-17-7-9-18(10-8-17)27-13-20(24)22-23-21(25)14-28-19-12-15(2)5-6-16(19)3/h5-10,12H,4,11,13-14H2,1-3H3,(H,22,24)(H,23,25). The molecule has 0 aromatic heterocycles. The summed E-state index contributed by atoms with van der Waals surface area (Å²) in [5.74, 6) is 0.965. The minimum absolute atomic E-state index is 0.204. The van der Waals surface area contributed by atoms with E-state index in [1.54, 1.807) is 24.3 Å². The third-order valence-corrected chi connectivity index (χ3v) is 3.71. The second kappa shape index (κ2) is 10.8. The SMILES string of the molecule is CCCOc1ccc(OCC(=O)NNC(=O)COc2cc(C)ccc2C)cc1. The van der Waals surface area contributed by atoms with E-state index in [9.17, 15) is 9.59 Å². The fourth-order valence-corrected chi connectivity index (χ4v) is 2.22. The van der Waals surface area contributed by atoms with E-state index in [0.717, 1.165) is 23.3 Å². The third kappa shape index (κ3) is 7.19. The van der Waals surface area contributed by atoms with Crippen LogP contribution >= 0.6 is 0 Å². The van der Waals surface area contributed by atoms with Crippen molar-refractivity contribution in [2.45, 2.75) is 27.2 Å². The quantitative estimate of drug-likeness (QED) is 0.647. The second-order valence-electron chi connectivity index (χ2n) is 6.26. The van der Waals surface area contributed by atoms with Crippen molar-refractivity contribution in [2.75, 3.05) is 19.8 Å². The van der Waals surface area contributed by atoms with Crippen molar-refractivity contribution >= 4 is 11.8 Å². The first-order chi connectivity index (χ1) is 13.5. The molecule has 0 aliphatic rings. The Morgan fingerprint density at radius 1 is 0.821 bits per heavy atom. The van der Waals surface area contributed by atoms with Gasteiger partial charge in [-0.25, -0.2) is 0 Å². The van der Waals surface area contributed by atoms with Crippen molar-refractivity contribution in [3.8, 4) is 17.2 Å². The van der Waals surface area contributed by atoms with Gasteiger partial charge in [0.1, 0.15) is 17.2 Å². The van der Waals surface area contributed by atoms with Crippen molar-refractivity contribution in [3.05, 3.63) is 53.6 Å². The van der Waals surface area contributed by atoms with Gasteiger partial charge in [0.25, 0.3) is 11.8 Å². The molecule has 0 unspecified atom stereocenters. The highest BCUT2D eigenvalue weighted by atomic mass is 16.5. The molecule has 0 spiro atoms. The van der Waals surface area contributed by atoms with Crippen LogP contribution < -0.4 is 25.1 Å². The summed E-state index contributed by atoms with van der Waals surface area (Å²) in [5, 5.41) is 0. The lowest BCUT2D eigenvalue weighted by Gasteiger charge is -2.11. The molecule has 7 nitrogen and oxygen atoms in total. The van der Waals surface area contributed by atoms with Crippen LogP contribution in [0.15, 0.2) is 42.5 Å². The molecular weight excluding hydrogens is 360 g/mol. The van der Waals surface area contributed by atoms with Crippen molar-refractivity contribution in [1.29, 1.82) is 0 Å². The number of rotatable bonds is 9. The van der Waals surface area contributed by atoms with E-state index >= 15 is 0 Å². The van der Waals surface area contributed by atoms with Crippen molar-refractivity contribution in [2.24, 2.45) is 0 Å². The smallest absolute Gasteiger partial charge is 0.276 e. The van der Waals surface area contributed by atoms with Crippen LogP contribution in [0.2, 0.25) is 0 Å². The second-order valence-corrected chi connectivity index (χ2v) is 6.26. The Kier molecular flexibility index (Phi) is 8.14. The Balaban J connectivity index is 1.67. The van der Waals surface area contributed by atoms with Crippen LogP contribution in [-0.4, -0.2) is 31.6 Å². The van der Waals surface area contributed by atoms with E-state index in [-0.39, 0.29) is 13.2 Å². The molecule has 2 aromatic carbocycles. The number of amides is 2. The van der Waals surface area contributed by atoms with Gasteiger partial charge in [-0.2, -0.15) is 0 Å². The number of carbonyl (C=O) groups is 2. The van der Waals surface area contributed by atoms with Crippen LogP contribution in [0, 0.1) is 13.8 Å². The van der Waals surface area contributed by atoms with Crippen LogP contribution in [0.5, 0.6) is 17.2 Å². The molecule has 150 valence electrons. The molecule has 7 heteroatoms. The van der Waals surface area contributed by atoms with Gasteiger partial charge in [-0.05, 0) is 61.7 Å². The summed E-state index contributed by atoms with van der Waals surface area (Å²) >= 11 is 0. The third-order valence-electron chi connectivity index (χ3n) is 3.71. The number of hydrazine groups is 1. The molecule has 2 amide bonds. The van der Waals surface area contributed by atoms with Gasteiger partial charge >= 0.3 is 0 Å². The number of hydrogen-bond acceptors (Lipinski definition) is 5. The zero-order valence-corrected chi connectivity index (χ0v) is 16.4. The number of benzene rings is 2. The highest BCUT2D eigenvalue weighted by Gasteiger charge is 2.08. The molecule has 28 heavy (non-hydrogen) atoms. The maximum absolute atomic E-state index is 11.8. The summed E-state index contributed by atoms with van der Waals surface area (Å²) < 4.78 is 16.3. The number of nitrogens with one attached hydrogen (secondary N) is 2. The Morgan fingerprint density at radius 3 is 2.00 bits per heavy atom. The normalized spacial score (nSPS) is 10.1. The maximum Gasteiger partial charge on any atom is 0.276 e. The summed E-state index contributed by atoms with van der Waals surface area (Å²) in [6.07, 6.45) is 0.930. The molecule has 0 aliphatic heterocycles. The summed E-state index contributed by atoms with van der Waals surface area (Å²) in [6.45, 7) is 6.09. The number of carbonyl (C=O) groups excluding carboxylic acids is 2. The molecule has 2 aromatic rings. The molecule has 2 N–H and O–H groups in total. The zero-order valence-electron chi connectivity index (χ0n) is 16.4. The molecule has 0 heterocycles. The molecule has 0 bridgehead atoms. The number of ether oxygens (including phenoxy) is 3. The van der Waals surface area contributed by atoms with Crippen LogP contribution in [0.25, 0.3) is 0 Å². The Hall–Kier alpha value is -3.22. The van der Waals surface area contributed by atoms with Crippen LogP contribution in [0.4, 0.5) is 0 Å². The largest absolute Gasteiger partial charge is 0.494 e. The molecule has 2 rings (SSSR count). The average molecular weight is 386 g/mol. The lowest BCUT2D eigenvalue weighted by molar-refractivity contribution is -0.131. The molecule has 0 radical (unpaired) electrons. The van der Waals surface area contributed by atoms with Crippen molar-refractivity contribution in [3.63, 3.8) is 0 Å². The maximum atomic E-state index is 11.8. The van der Waals surface area contributed by atoms with Crippen molar-refractivity contribution < 1.29 is 23.8 Å². The molecule has 0 saturated heterocycles. The van der Waals surface area contributed by atoms with Gasteiger partial charge in [-0.1, -0.05) is 19.1 Å². The summed E-state index contributed by atoms with van der Waals surface area (Å²) in [5.41, 5.74) is 6.55. The predicted molar refractivity (Wildman–Crippen MR) is 105 cm³/mol. The summed E-state index contributed by atoms with van der Waals surface area (Å²) in [4.78, 5) is 23.6.